The van der Waals surface area contributed by atoms with Gasteiger partial charge in [-0.2, -0.15) is 0 Å². The molecule has 0 aliphatic rings. The number of rotatable bonds is 5. The summed E-state index contributed by atoms with van der Waals surface area (Å²) in [5.74, 6) is 0. The van der Waals surface area contributed by atoms with Crippen LogP contribution in [-0.4, -0.2) is 43.3 Å². The summed E-state index contributed by atoms with van der Waals surface area (Å²) in [6.45, 7) is 0.620. The minimum absolute atomic E-state index is 0.0853. The van der Waals surface area contributed by atoms with Gasteiger partial charge in [0.05, 0.1) is 5.69 Å². The molecule has 0 radical (unpaired) electrons. The highest BCUT2D eigenvalue weighted by Gasteiger charge is 2.18. The average Bonchev–Trinajstić information content (AvgIpc) is 2.59. The number of aliphatic hydroxyl groups excluding tert-OH is 1. The first-order valence-corrected chi connectivity index (χ1v) is 7.39. The molecule has 0 saturated carbocycles. The first-order chi connectivity index (χ1) is 10.6. The van der Waals surface area contributed by atoms with Crippen molar-refractivity contribution >= 4 is 11.7 Å². The Balaban J connectivity index is 2.27. The molecule has 22 heavy (non-hydrogen) atoms. The van der Waals surface area contributed by atoms with Gasteiger partial charge in [-0.3, -0.25) is 4.90 Å². The number of hydrogen-bond donors (Lipinski definition) is 1. The zero-order valence-electron chi connectivity index (χ0n) is 13.1. The smallest absolute Gasteiger partial charge is 0.323 e. The summed E-state index contributed by atoms with van der Waals surface area (Å²) < 4.78 is 0. The zero-order chi connectivity index (χ0) is 15.9. The predicted octanol–water partition coefficient (Wildman–Crippen LogP) is 3.22. The van der Waals surface area contributed by atoms with Crippen LogP contribution in [0.15, 0.2) is 54.6 Å². The number of hydrogen-bond acceptors (Lipinski definition) is 2. The van der Waals surface area contributed by atoms with E-state index >= 15 is 0 Å². The summed E-state index contributed by atoms with van der Waals surface area (Å²) >= 11 is 0. The van der Waals surface area contributed by atoms with E-state index in [2.05, 4.69) is 0 Å². The van der Waals surface area contributed by atoms with Crippen LogP contribution in [-0.2, 0) is 0 Å². The third kappa shape index (κ3) is 3.65. The van der Waals surface area contributed by atoms with E-state index in [0.29, 0.717) is 13.0 Å². The Kier molecular flexibility index (Phi) is 5.55. The van der Waals surface area contributed by atoms with Gasteiger partial charge in [-0.15, -0.1) is 0 Å². The number of urea groups is 1. The molecule has 2 rings (SSSR count). The van der Waals surface area contributed by atoms with E-state index in [0.717, 1.165) is 16.8 Å². The van der Waals surface area contributed by atoms with Gasteiger partial charge in [0.2, 0.25) is 0 Å². The molecule has 2 aromatic carbocycles. The quantitative estimate of drug-likeness (QED) is 0.921. The van der Waals surface area contributed by atoms with Gasteiger partial charge in [0.1, 0.15) is 0 Å². The van der Waals surface area contributed by atoms with E-state index < -0.39 is 0 Å². The normalized spacial score (nSPS) is 10.3. The van der Waals surface area contributed by atoms with Crippen molar-refractivity contribution in [2.24, 2.45) is 0 Å². The topological polar surface area (TPSA) is 43.8 Å². The van der Waals surface area contributed by atoms with E-state index in [-0.39, 0.29) is 12.6 Å². The summed E-state index contributed by atoms with van der Waals surface area (Å²) in [5, 5.41) is 8.89. The van der Waals surface area contributed by atoms with Gasteiger partial charge >= 0.3 is 6.03 Å². The number of aliphatic hydroxyl groups is 1. The Hall–Kier alpha value is -2.33. The van der Waals surface area contributed by atoms with Crippen molar-refractivity contribution in [2.45, 2.75) is 6.42 Å². The number of benzene rings is 2. The molecule has 0 atom stereocenters. The molecular weight excluding hydrogens is 276 g/mol. The van der Waals surface area contributed by atoms with E-state index in [4.69, 9.17) is 5.11 Å². The van der Waals surface area contributed by atoms with Gasteiger partial charge < -0.3 is 10.0 Å². The zero-order valence-corrected chi connectivity index (χ0v) is 13.1. The maximum atomic E-state index is 12.5. The van der Waals surface area contributed by atoms with Gasteiger partial charge in [-0.25, -0.2) is 4.79 Å². The summed E-state index contributed by atoms with van der Waals surface area (Å²) in [6, 6.07) is 17.8. The van der Waals surface area contributed by atoms with E-state index in [1.54, 1.807) is 23.9 Å². The second-order valence-corrected chi connectivity index (χ2v) is 5.22. The van der Waals surface area contributed by atoms with E-state index in [1.807, 2.05) is 54.6 Å². The largest absolute Gasteiger partial charge is 0.396 e. The lowest BCUT2D eigenvalue weighted by Crippen LogP contribution is -2.39. The van der Waals surface area contributed by atoms with E-state index in [1.165, 1.54) is 0 Å². The fraction of sp³-hybridized carbons (Fsp3) is 0.278. The Labute approximate surface area is 131 Å². The lowest BCUT2D eigenvalue weighted by atomic mass is 10.0. The molecule has 0 bridgehead atoms. The Morgan fingerprint density at radius 3 is 2.32 bits per heavy atom. The average molecular weight is 298 g/mol. The minimum atomic E-state index is -0.0863. The molecule has 0 aliphatic heterocycles. The number of amides is 2. The fourth-order valence-corrected chi connectivity index (χ4v) is 2.39. The van der Waals surface area contributed by atoms with Gasteiger partial charge in [-0.05, 0) is 18.1 Å². The third-order valence-electron chi connectivity index (χ3n) is 3.62. The maximum absolute atomic E-state index is 12.5. The fourth-order valence-electron chi connectivity index (χ4n) is 2.39. The Bertz CT molecular complexity index is 613. The number of carbonyl (C=O) groups is 1. The molecule has 0 fully saturated rings. The van der Waals surface area contributed by atoms with Crippen molar-refractivity contribution in [1.82, 2.24) is 4.90 Å². The molecule has 0 heterocycles. The molecule has 0 aromatic heterocycles. The van der Waals surface area contributed by atoms with Gasteiger partial charge in [0, 0.05) is 32.8 Å². The predicted molar refractivity (Wildman–Crippen MR) is 90.0 cm³/mol. The van der Waals surface area contributed by atoms with Crippen molar-refractivity contribution in [1.29, 1.82) is 0 Å². The summed E-state index contributed by atoms with van der Waals surface area (Å²) in [6.07, 6.45) is 0.580. The minimum Gasteiger partial charge on any atom is -0.396 e. The second kappa shape index (κ2) is 7.61. The van der Waals surface area contributed by atoms with Crippen molar-refractivity contribution in [2.75, 3.05) is 32.1 Å². The Morgan fingerprint density at radius 2 is 1.64 bits per heavy atom. The molecule has 0 spiro atoms. The molecule has 2 aromatic rings. The molecule has 4 nitrogen and oxygen atoms in total. The molecule has 4 heteroatoms. The highest BCUT2D eigenvalue weighted by atomic mass is 16.3. The van der Waals surface area contributed by atoms with Gasteiger partial charge in [0.25, 0.3) is 0 Å². The molecular formula is C18H22N2O2. The third-order valence-corrected chi connectivity index (χ3v) is 3.62. The molecule has 2 amide bonds. The van der Waals surface area contributed by atoms with Crippen LogP contribution in [0.5, 0.6) is 0 Å². The lowest BCUT2D eigenvalue weighted by molar-refractivity contribution is 0.208. The molecule has 0 aliphatic carbocycles. The van der Waals surface area contributed by atoms with Crippen LogP contribution in [0.25, 0.3) is 11.1 Å². The van der Waals surface area contributed by atoms with Crippen LogP contribution >= 0.6 is 0 Å². The Morgan fingerprint density at radius 1 is 1.00 bits per heavy atom. The van der Waals surface area contributed by atoms with Crippen LogP contribution in [0.1, 0.15) is 6.42 Å². The van der Waals surface area contributed by atoms with Crippen molar-refractivity contribution in [3.05, 3.63) is 54.6 Å². The molecule has 0 unspecified atom stereocenters. The number of para-hydroxylation sites is 1. The summed E-state index contributed by atoms with van der Waals surface area (Å²) in [4.78, 5) is 15.8. The second-order valence-electron chi connectivity index (χ2n) is 5.22. The monoisotopic (exact) mass is 298 g/mol. The van der Waals surface area contributed by atoms with Crippen molar-refractivity contribution in [3.63, 3.8) is 0 Å². The van der Waals surface area contributed by atoms with Crippen LogP contribution in [0, 0.1) is 0 Å². The first-order valence-electron chi connectivity index (χ1n) is 7.39. The lowest BCUT2D eigenvalue weighted by Gasteiger charge is -2.26. The molecule has 0 saturated heterocycles. The molecule has 1 N–H and O–H groups in total. The highest BCUT2D eigenvalue weighted by Crippen LogP contribution is 2.30. The van der Waals surface area contributed by atoms with Crippen LogP contribution in [0.4, 0.5) is 10.5 Å². The van der Waals surface area contributed by atoms with Crippen molar-refractivity contribution < 1.29 is 9.90 Å². The van der Waals surface area contributed by atoms with Crippen molar-refractivity contribution in [3.8, 4) is 11.1 Å². The number of anilines is 1. The van der Waals surface area contributed by atoms with Gasteiger partial charge in [-0.1, -0.05) is 48.5 Å². The SMILES string of the molecule is CN(CCCO)C(=O)N(C)c1ccccc1-c1ccccc1. The highest BCUT2D eigenvalue weighted by molar-refractivity contribution is 5.96. The summed E-state index contributed by atoms with van der Waals surface area (Å²) in [7, 11) is 3.53. The van der Waals surface area contributed by atoms with E-state index in [9.17, 15) is 4.79 Å². The summed E-state index contributed by atoms with van der Waals surface area (Å²) in [5.41, 5.74) is 2.97. The van der Waals surface area contributed by atoms with Crippen LogP contribution in [0.2, 0.25) is 0 Å². The first kappa shape index (κ1) is 16.0. The van der Waals surface area contributed by atoms with Crippen LogP contribution < -0.4 is 4.90 Å². The number of nitrogens with zero attached hydrogens (tertiary/aromatic N) is 2. The van der Waals surface area contributed by atoms with Crippen LogP contribution in [0.3, 0.4) is 0 Å². The maximum Gasteiger partial charge on any atom is 0.323 e. The molecule has 116 valence electrons. The standard InChI is InChI=1S/C18H22N2O2/c1-19(13-8-14-21)18(22)20(2)17-12-7-6-11-16(17)15-9-4-3-5-10-15/h3-7,9-12,21H,8,13-14H2,1-2H3. The number of carbonyl (C=O) groups excluding carboxylic acids is 1. The van der Waals surface area contributed by atoms with Gasteiger partial charge in [0.15, 0.2) is 0 Å².